The van der Waals surface area contributed by atoms with Gasteiger partial charge in [-0.05, 0) is 56.1 Å². The third kappa shape index (κ3) is 2.99. The first-order valence-corrected chi connectivity index (χ1v) is 6.40. The second-order valence-electron chi connectivity index (χ2n) is 4.73. The summed E-state index contributed by atoms with van der Waals surface area (Å²) < 4.78 is 5.28. The van der Waals surface area contributed by atoms with Crippen molar-refractivity contribution in [1.29, 1.82) is 0 Å². The highest BCUT2D eigenvalue weighted by atomic mass is 16.5. The smallest absolute Gasteiger partial charge is 0.119 e. The summed E-state index contributed by atoms with van der Waals surface area (Å²) >= 11 is 0. The number of nitrogens with one attached hydrogen (secondary N) is 1. The van der Waals surface area contributed by atoms with E-state index in [9.17, 15) is 0 Å². The molecule has 0 aromatic heterocycles. The van der Waals surface area contributed by atoms with Gasteiger partial charge < -0.3 is 15.8 Å². The summed E-state index contributed by atoms with van der Waals surface area (Å²) in [6.45, 7) is 2.94. The molecule has 1 aromatic carbocycles. The lowest BCUT2D eigenvalue weighted by atomic mass is 9.81. The van der Waals surface area contributed by atoms with Crippen LogP contribution in [0.4, 0.5) is 0 Å². The minimum Gasteiger partial charge on any atom is -0.497 e. The van der Waals surface area contributed by atoms with Crippen LogP contribution in [-0.4, -0.2) is 26.7 Å². The Morgan fingerprint density at radius 1 is 1.53 bits per heavy atom. The van der Waals surface area contributed by atoms with Gasteiger partial charge in [-0.15, -0.1) is 0 Å². The summed E-state index contributed by atoms with van der Waals surface area (Å²) in [5, 5.41) is 3.46. The average molecular weight is 234 g/mol. The molecule has 1 aliphatic heterocycles. The van der Waals surface area contributed by atoms with Crippen LogP contribution in [0, 0.1) is 5.92 Å². The maximum Gasteiger partial charge on any atom is 0.119 e. The predicted molar refractivity (Wildman–Crippen MR) is 70.4 cm³/mol. The van der Waals surface area contributed by atoms with Gasteiger partial charge in [0.25, 0.3) is 0 Å². The van der Waals surface area contributed by atoms with Crippen molar-refractivity contribution < 1.29 is 4.74 Å². The van der Waals surface area contributed by atoms with Gasteiger partial charge in [0.15, 0.2) is 0 Å². The molecule has 2 atom stereocenters. The molecule has 1 heterocycles. The molecule has 2 rings (SSSR count). The molecule has 0 spiro atoms. The van der Waals surface area contributed by atoms with E-state index in [2.05, 4.69) is 17.4 Å². The van der Waals surface area contributed by atoms with Gasteiger partial charge >= 0.3 is 0 Å². The van der Waals surface area contributed by atoms with Crippen LogP contribution in [0.1, 0.15) is 24.3 Å². The molecule has 1 fully saturated rings. The molecule has 2 unspecified atom stereocenters. The fraction of sp³-hybridized carbons (Fsp3) is 0.571. The predicted octanol–water partition coefficient (Wildman–Crippen LogP) is 1.74. The Hall–Kier alpha value is -1.06. The van der Waals surface area contributed by atoms with Crippen molar-refractivity contribution in [3.63, 3.8) is 0 Å². The molecule has 0 saturated carbocycles. The van der Waals surface area contributed by atoms with Crippen molar-refractivity contribution in [3.8, 4) is 5.75 Å². The van der Waals surface area contributed by atoms with E-state index < -0.39 is 0 Å². The van der Waals surface area contributed by atoms with Crippen LogP contribution >= 0.6 is 0 Å². The number of hydrogen-bond donors (Lipinski definition) is 2. The van der Waals surface area contributed by atoms with Gasteiger partial charge in [-0.25, -0.2) is 0 Å². The second kappa shape index (κ2) is 6.03. The van der Waals surface area contributed by atoms with Gasteiger partial charge in [0.1, 0.15) is 5.75 Å². The summed E-state index contributed by atoms with van der Waals surface area (Å²) in [6.07, 6.45) is 2.53. The van der Waals surface area contributed by atoms with E-state index in [4.69, 9.17) is 10.5 Å². The fourth-order valence-corrected chi connectivity index (χ4v) is 2.70. The Morgan fingerprint density at radius 2 is 2.41 bits per heavy atom. The first kappa shape index (κ1) is 12.4. The highest BCUT2D eigenvalue weighted by molar-refractivity contribution is 5.31. The maximum atomic E-state index is 5.96. The molecule has 94 valence electrons. The fourth-order valence-electron chi connectivity index (χ4n) is 2.70. The van der Waals surface area contributed by atoms with Crippen molar-refractivity contribution in [2.24, 2.45) is 11.7 Å². The molecule has 0 aliphatic carbocycles. The number of piperidine rings is 1. The second-order valence-corrected chi connectivity index (χ2v) is 4.73. The first-order valence-electron chi connectivity index (χ1n) is 6.40. The summed E-state index contributed by atoms with van der Waals surface area (Å²) in [7, 11) is 1.71. The summed E-state index contributed by atoms with van der Waals surface area (Å²) in [5.41, 5.74) is 7.26. The van der Waals surface area contributed by atoms with Gasteiger partial charge in [0.2, 0.25) is 0 Å². The van der Waals surface area contributed by atoms with Crippen molar-refractivity contribution in [3.05, 3.63) is 29.8 Å². The molecule has 3 nitrogen and oxygen atoms in total. The Kier molecular flexibility index (Phi) is 4.40. The normalized spacial score (nSPS) is 22.1. The van der Waals surface area contributed by atoms with Crippen molar-refractivity contribution in [2.45, 2.75) is 18.8 Å². The molecule has 0 bridgehead atoms. The van der Waals surface area contributed by atoms with Crippen LogP contribution in [0.5, 0.6) is 5.75 Å². The van der Waals surface area contributed by atoms with Gasteiger partial charge in [0.05, 0.1) is 7.11 Å². The van der Waals surface area contributed by atoms with Crippen molar-refractivity contribution in [1.82, 2.24) is 5.32 Å². The van der Waals surface area contributed by atoms with E-state index in [0.717, 1.165) is 18.8 Å². The molecule has 1 aliphatic rings. The number of benzene rings is 1. The van der Waals surface area contributed by atoms with Crippen LogP contribution in [0.3, 0.4) is 0 Å². The van der Waals surface area contributed by atoms with E-state index in [1.165, 1.54) is 18.4 Å². The minimum atomic E-state index is 0.442. The first-order chi connectivity index (χ1) is 8.35. The molecular formula is C14H22N2O. The summed E-state index contributed by atoms with van der Waals surface area (Å²) in [6, 6.07) is 8.31. The lowest BCUT2D eigenvalue weighted by molar-refractivity contribution is 0.324. The number of methoxy groups -OCH3 is 1. The largest absolute Gasteiger partial charge is 0.497 e. The van der Waals surface area contributed by atoms with Crippen LogP contribution in [0.25, 0.3) is 0 Å². The van der Waals surface area contributed by atoms with Gasteiger partial charge in [-0.2, -0.15) is 0 Å². The minimum absolute atomic E-state index is 0.442. The molecule has 0 amide bonds. The summed E-state index contributed by atoms with van der Waals surface area (Å²) in [5.74, 6) is 2.02. The third-order valence-electron chi connectivity index (χ3n) is 3.68. The van der Waals surface area contributed by atoms with Gasteiger partial charge in [-0.3, -0.25) is 0 Å². The Labute approximate surface area is 103 Å². The van der Waals surface area contributed by atoms with Gasteiger partial charge in [-0.1, -0.05) is 12.1 Å². The lowest BCUT2D eigenvalue weighted by Gasteiger charge is -2.30. The molecule has 17 heavy (non-hydrogen) atoms. The number of nitrogens with two attached hydrogens (primary N) is 1. The van der Waals surface area contributed by atoms with Crippen LogP contribution in [0.15, 0.2) is 24.3 Å². The highest BCUT2D eigenvalue weighted by Crippen LogP contribution is 2.30. The zero-order valence-corrected chi connectivity index (χ0v) is 10.5. The molecule has 3 heteroatoms. The van der Waals surface area contributed by atoms with E-state index in [1.807, 2.05) is 12.1 Å². The SMILES string of the molecule is COc1cccc(C(CN)C2CCCNC2)c1. The zero-order chi connectivity index (χ0) is 12.1. The Morgan fingerprint density at radius 3 is 3.06 bits per heavy atom. The third-order valence-corrected chi connectivity index (χ3v) is 3.68. The number of rotatable bonds is 4. The van der Waals surface area contributed by atoms with Crippen molar-refractivity contribution in [2.75, 3.05) is 26.7 Å². The van der Waals surface area contributed by atoms with E-state index in [0.29, 0.717) is 18.4 Å². The van der Waals surface area contributed by atoms with Crippen LogP contribution < -0.4 is 15.8 Å². The van der Waals surface area contributed by atoms with E-state index in [1.54, 1.807) is 7.11 Å². The summed E-state index contributed by atoms with van der Waals surface area (Å²) in [4.78, 5) is 0. The number of ether oxygens (including phenoxy) is 1. The topological polar surface area (TPSA) is 47.3 Å². The van der Waals surface area contributed by atoms with Crippen LogP contribution in [-0.2, 0) is 0 Å². The number of hydrogen-bond acceptors (Lipinski definition) is 3. The average Bonchev–Trinajstić information content (AvgIpc) is 2.41. The molecule has 1 aromatic rings. The van der Waals surface area contributed by atoms with E-state index in [-0.39, 0.29) is 0 Å². The van der Waals surface area contributed by atoms with Gasteiger partial charge in [0, 0.05) is 5.92 Å². The molecule has 0 radical (unpaired) electrons. The van der Waals surface area contributed by atoms with Crippen molar-refractivity contribution >= 4 is 0 Å². The zero-order valence-electron chi connectivity index (χ0n) is 10.5. The lowest BCUT2D eigenvalue weighted by Crippen LogP contribution is -2.35. The quantitative estimate of drug-likeness (QED) is 0.834. The maximum absolute atomic E-state index is 5.96. The standard InChI is InChI=1S/C14H22N2O/c1-17-13-6-2-4-11(8-13)14(9-15)12-5-3-7-16-10-12/h2,4,6,8,12,14,16H,3,5,7,9-10,15H2,1H3. The Bertz CT molecular complexity index is 348. The highest BCUT2D eigenvalue weighted by Gasteiger charge is 2.23. The molecule has 3 N–H and O–H groups in total. The monoisotopic (exact) mass is 234 g/mol. The van der Waals surface area contributed by atoms with Crippen LogP contribution in [0.2, 0.25) is 0 Å². The molecule has 1 saturated heterocycles. The Balaban J connectivity index is 2.15. The van der Waals surface area contributed by atoms with E-state index >= 15 is 0 Å². The molecular weight excluding hydrogens is 212 g/mol.